The summed E-state index contributed by atoms with van der Waals surface area (Å²) in [6.07, 6.45) is 1.10. The molecular formula is C15H18ClFN2O3. The maximum Gasteiger partial charge on any atom is 0.257 e. The summed E-state index contributed by atoms with van der Waals surface area (Å²) >= 11 is 5.55. The third-order valence-electron chi connectivity index (χ3n) is 2.79. The van der Waals surface area contributed by atoms with Crippen molar-refractivity contribution in [3.8, 4) is 5.75 Å². The molecule has 0 unspecified atom stereocenters. The molecule has 0 heterocycles. The molecule has 1 rings (SSSR count). The third-order valence-corrected chi connectivity index (χ3v) is 3.10. The van der Waals surface area contributed by atoms with E-state index >= 15 is 0 Å². The second-order valence-corrected chi connectivity index (χ2v) is 5.11. The maximum atomic E-state index is 13.2. The molecule has 0 spiro atoms. The standard InChI is InChI=1S/C15H18ClFN2O3/c1-10(2)14(19-9-20)5-6-18-15(21)8-22-11-3-4-12(16)13(17)7-11/h3-4,7,9H,5-6,8H2,1-2H3,(H,18,21)(H,19,20). The lowest BCUT2D eigenvalue weighted by atomic mass is 10.2. The van der Waals surface area contributed by atoms with E-state index in [1.54, 1.807) is 0 Å². The first kappa shape index (κ1) is 18.0. The smallest absolute Gasteiger partial charge is 0.257 e. The van der Waals surface area contributed by atoms with Crippen LogP contribution in [0.4, 0.5) is 4.39 Å². The molecule has 0 bridgehead atoms. The number of hydrogen-bond acceptors (Lipinski definition) is 3. The van der Waals surface area contributed by atoms with E-state index in [1.807, 2.05) is 13.8 Å². The van der Waals surface area contributed by atoms with Crippen LogP contribution in [0.5, 0.6) is 5.75 Å². The summed E-state index contributed by atoms with van der Waals surface area (Å²) < 4.78 is 18.4. The highest BCUT2D eigenvalue weighted by atomic mass is 35.5. The monoisotopic (exact) mass is 328 g/mol. The average Bonchev–Trinajstić information content (AvgIpc) is 2.47. The van der Waals surface area contributed by atoms with Crippen molar-refractivity contribution in [2.75, 3.05) is 13.2 Å². The molecule has 1 aromatic carbocycles. The van der Waals surface area contributed by atoms with Gasteiger partial charge in [0.1, 0.15) is 11.6 Å². The van der Waals surface area contributed by atoms with E-state index < -0.39 is 5.82 Å². The van der Waals surface area contributed by atoms with Crippen LogP contribution in [0.15, 0.2) is 29.5 Å². The fraction of sp³-hybridized carbons (Fsp3) is 0.333. The highest BCUT2D eigenvalue weighted by Gasteiger charge is 2.06. The minimum atomic E-state index is -0.604. The van der Waals surface area contributed by atoms with Crippen LogP contribution >= 0.6 is 11.6 Å². The Kier molecular flexibility index (Phi) is 7.39. The predicted molar refractivity (Wildman–Crippen MR) is 82.1 cm³/mol. The Balaban J connectivity index is 2.36. The molecule has 7 heteroatoms. The minimum Gasteiger partial charge on any atom is -0.484 e. The van der Waals surface area contributed by atoms with Gasteiger partial charge in [-0.05, 0) is 26.0 Å². The normalized spacial score (nSPS) is 9.82. The summed E-state index contributed by atoms with van der Waals surface area (Å²) in [5.41, 5.74) is 1.73. The van der Waals surface area contributed by atoms with Gasteiger partial charge in [-0.15, -0.1) is 0 Å². The van der Waals surface area contributed by atoms with E-state index in [4.69, 9.17) is 16.3 Å². The molecule has 0 saturated carbocycles. The van der Waals surface area contributed by atoms with Crippen LogP contribution in [0.3, 0.4) is 0 Å². The summed E-state index contributed by atoms with van der Waals surface area (Å²) in [6.45, 7) is 3.86. The van der Waals surface area contributed by atoms with E-state index in [2.05, 4.69) is 10.6 Å². The van der Waals surface area contributed by atoms with Gasteiger partial charge in [0.2, 0.25) is 6.41 Å². The van der Waals surface area contributed by atoms with Crippen molar-refractivity contribution in [2.45, 2.75) is 20.3 Å². The summed E-state index contributed by atoms with van der Waals surface area (Å²) in [5, 5.41) is 5.23. The lowest BCUT2D eigenvalue weighted by Gasteiger charge is -2.10. The van der Waals surface area contributed by atoms with Gasteiger partial charge in [0, 0.05) is 24.7 Å². The fourth-order valence-electron chi connectivity index (χ4n) is 1.63. The summed E-state index contributed by atoms with van der Waals surface area (Å²) in [7, 11) is 0. The van der Waals surface area contributed by atoms with Gasteiger partial charge in [-0.1, -0.05) is 17.2 Å². The molecule has 0 fully saturated rings. The lowest BCUT2D eigenvalue weighted by molar-refractivity contribution is -0.123. The van der Waals surface area contributed by atoms with Crippen molar-refractivity contribution in [1.29, 1.82) is 0 Å². The molecule has 0 saturated heterocycles. The molecule has 120 valence electrons. The number of amides is 2. The largest absolute Gasteiger partial charge is 0.484 e. The minimum absolute atomic E-state index is 0.00580. The molecule has 2 N–H and O–H groups in total. The number of allylic oxidation sites excluding steroid dienone is 1. The van der Waals surface area contributed by atoms with Gasteiger partial charge in [0.15, 0.2) is 6.61 Å². The van der Waals surface area contributed by atoms with E-state index in [9.17, 15) is 14.0 Å². The van der Waals surface area contributed by atoms with Gasteiger partial charge in [-0.2, -0.15) is 0 Å². The number of halogens is 2. The van der Waals surface area contributed by atoms with Crippen LogP contribution in [0, 0.1) is 5.82 Å². The van der Waals surface area contributed by atoms with E-state index in [1.165, 1.54) is 12.1 Å². The molecule has 0 aromatic heterocycles. The van der Waals surface area contributed by atoms with Gasteiger partial charge in [-0.3, -0.25) is 9.59 Å². The predicted octanol–water partition coefficient (Wildman–Crippen LogP) is 2.40. The lowest BCUT2D eigenvalue weighted by Crippen LogP contribution is -2.31. The van der Waals surface area contributed by atoms with Crippen molar-refractivity contribution in [1.82, 2.24) is 10.6 Å². The Morgan fingerprint density at radius 3 is 2.73 bits per heavy atom. The highest BCUT2D eigenvalue weighted by Crippen LogP contribution is 2.20. The van der Waals surface area contributed by atoms with Crippen molar-refractivity contribution in [3.05, 3.63) is 40.3 Å². The molecule has 1 aromatic rings. The number of rotatable bonds is 8. The zero-order valence-corrected chi connectivity index (χ0v) is 13.2. The Morgan fingerprint density at radius 2 is 2.14 bits per heavy atom. The van der Waals surface area contributed by atoms with Gasteiger partial charge < -0.3 is 15.4 Å². The van der Waals surface area contributed by atoms with Crippen molar-refractivity contribution < 1.29 is 18.7 Å². The Morgan fingerprint density at radius 1 is 1.41 bits per heavy atom. The van der Waals surface area contributed by atoms with E-state index in [0.717, 1.165) is 17.3 Å². The molecule has 0 aliphatic rings. The topological polar surface area (TPSA) is 67.4 Å². The van der Waals surface area contributed by atoms with Crippen LogP contribution in [0.25, 0.3) is 0 Å². The number of nitrogens with one attached hydrogen (secondary N) is 2. The molecule has 2 amide bonds. The van der Waals surface area contributed by atoms with E-state index in [-0.39, 0.29) is 23.3 Å². The summed E-state index contributed by atoms with van der Waals surface area (Å²) in [4.78, 5) is 22.1. The van der Waals surface area contributed by atoms with Crippen molar-refractivity contribution in [2.24, 2.45) is 0 Å². The van der Waals surface area contributed by atoms with E-state index in [0.29, 0.717) is 19.4 Å². The number of carbonyl (C=O) groups excluding carboxylic acids is 2. The van der Waals surface area contributed by atoms with Gasteiger partial charge >= 0.3 is 0 Å². The Hall–Kier alpha value is -2.08. The molecule has 0 atom stereocenters. The summed E-state index contributed by atoms with van der Waals surface area (Å²) in [6, 6.07) is 3.95. The zero-order valence-electron chi connectivity index (χ0n) is 12.4. The first-order valence-electron chi connectivity index (χ1n) is 6.65. The van der Waals surface area contributed by atoms with Crippen LogP contribution in [-0.4, -0.2) is 25.5 Å². The maximum absolute atomic E-state index is 13.2. The van der Waals surface area contributed by atoms with Gasteiger partial charge in [-0.25, -0.2) is 4.39 Å². The van der Waals surface area contributed by atoms with Crippen LogP contribution in [0.1, 0.15) is 20.3 Å². The van der Waals surface area contributed by atoms with Gasteiger partial charge in [0.25, 0.3) is 5.91 Å². The molecule has 0 aliphatic heterocycles. The number of carbonyl (C=O) groups is 2. The molecule has 5 nitrogen and oxygen atoms in total. The van der Waals surface area contributed by atoms with Crippen LogP contribution < -0.4 is 15.4 Å². The van der Waals surface area contributed by atoms with Crippen molar-refractivity contribution >= 4 is 23.9 Å². The Bertz CT molecular complexity index is 572. The highest BCUT2D eigenvalue weighted by molar-refractivity contribution is 6.30. The molecule has 22 heavy (non-hydrogen) atoms. The Labute approximate surface area is 133 Å². The molecule has 0 aliphatic carbocycles. The number of hydrogen-bond donors (Lipinski definition) is 2. The number of ether oxygens (including phenoxy) is 1. The quantitative estimate of drug-likeness (QED) is 0.720. The first-order valence-corrected chi connectivity index (χ1v) is 7.03. The number of benzene rings is 1. The second kappa shape index (κ2) is 9.04. The van der Waals surface area contributed by atoms with Crippen molar-refractivity contribution in [3.63, 3.8) is 0 Å². The molecular weight excluding hydrogens is 311 g/mol. The summed E-state index contributed by atoms with van der Waals surface area (Å²) in [5.74, 6) is -0.716. The second-order valence-electron chi connectivity index (χ2n) is 4.71. The van der Waals surface area contributed by atoms with Crippen LogP contribution in [0.2, 0.25) is 5.02 Å². The zero-order chi connectivity index (χ0) is 16.5. The third kappa shape index (κ3) is 6.13. The average molecular weight is 329 g/mol. The van der Waals surface area contributed by atoms with Gasteiger partial charge in [0.05, 0.1) is 5.02 Å². The first-order chi connectivity index (χ1) is 10.4. The molecule has 0 radical (unpaired) electrons. The SMILES string of the molecule is CC(C)=C(CCNC(=O)COc1ccc(Cl)c(F)c1)NC=O. The fourth-order valence-corrected chi connectivity index (χ4v) is 1.75. The van der Waals surface area contributed by atoms with Crippen LogP contribution in [-0.2, 0) is 9.59 Å².